The largest absolute Gasteiger partial charge is 0.479 e. The highest BCUT2D eigenvalue weighted by Crippen LogP contribution is 2.46. The lowest BCUT2D eigenvalue weighted by atomic mass is 9.71. The topological polar surface area (TPSA) is 90.7 Å². The van der Waals surface area contributed by atoms with E-state index >= 15 is 0 Å². The molecular weight excluding hydrogens is 392 g/mol. The van der Waals surface area contributed by atoms with Crippen LogP contribution >= 0.6 is 11.6 Å². The lowest BCUT2D eigenvalue weighted by Crippen LogP contribution is -2.64. The van der Waals surface area contributed by atoms with Crippen LogP contribution in [0.4, 0.5) is 0 Å². The van der Waals surface area contributed by atoms with Crippen molar-refractivity contribution < 1.29 is 19.8 Å². The molecule has 1 aliphatic heterocycles. The summed E-state index contributed by atoms with van der Waals surface area (Å²) >= 11 is 6.14. The lowest BCUT2D eigenvalue weighted by molar-refractivity contribution is -0.172. The second-order valence-corrected chi connectivity index (χ2v) is 8.87. The predicted molar refractivity (Wildman–Crippen MR) is 109 cm³/mol. The highest BCUT2D eigenvalue weighted by atomic mass is 35.5. The van der Waals surface area contributed by atoms with Crippen LogP contribution in [-0.2, 0) is 15.2 Å². The summed E-state index contributed by atoms with van der Waals surface area (Å²) in [6, 6.07) is 9.63. The Morgan fingerprint density at radius 2 is 1.86 bits per heavy atom. The molecule has 1 amide bonds. The summed E-state index contributed by atoms with van der Waals surface area (Å²) in [6.07, 6.45) is 3.80. The second kappa shape index (κ2) is 7.43. The van der Waals surface area contributed by atoms with Crippen molar-refractivity contribution in [1.82, 2.24) is 9.88 Å². The van der Waals surface area contributed by atoms with Crippen molar-refractivity contribution in [3.63, 3.8) is 0 Å². The molecule has 29 heavy (non-hydrogen) atoms. The first-order chi connectivity index (χ1) is 13.5. The monoisotopic (exact) mass is 416 g/mol. The molecule has 1 aromatic carbocycles. The molecule has 2 heterocycles. The number of amides is 1. The third-order valence-corrected chi connectivity index (χ3v) is 6.09. The summed E-state index contributed by atoms with van der Waals surface area (Å²) in [4.78, 5) is 31.7. The third-order valence-electron chi connectivity index (χ3n) is 5.85. The molecular formula is C22H25ClN2O4. The van der Waals surface area contributed by atoms with Gasteiger partial charge in [-0.25, -0.2) is 4.79 Å². The molecule has 1 aliphatic rings. The maximum Gasteiger partial charge on any atom is 0.330 e. The second-order valence-electron chi connectivity index (χ2n) is 8.44. The Bertz CT molecular complexity index is 928. The highest BCUT2D eigenvalue weighted by molar-refractivity contribution is 6.30. The Hall–Kier alpha value is -2.44. The minimum Gasteiger partial charge on any atom is -0.479 e. The van der Waals surface area contributed by atoms with Gasteiger partial charge in [0.05, 0.1) is 0 Å². The number of aliphatic hydroxyl groups is 1. The number of benzene rings is 1. The number of nitrogens with zero attached hydrogens (tertiary/aromatic N) is 2. The van der Waals surface area contributed by atoms with Crippen LogP contribution in [0.2, 0.25) is 5.02 Å². The number of carboxylic acid groups (broad SMARTS) is 1. The molecule has 0 bridgehead atoms. The van der Waals surface area contributed by atoms with E-state index in [9.17, 15) is 19.8 Å². The number of likely N-dealkylation sites (tertiary alicyclic amines) is 1. The minimum atomic E-state index is -2.12. The first-order valence-corrected chi connectivity index (χ1v) is 9.87. The molecule has 7 heteroatoms. The third kappa shape index (κ3) is 3.30. The molecule has 6 nitrogen and oxygen atoms in total. The number of pyridine rings is 1. The normalized spacial score (nSPS) is 21.6. The number of carboxylic acids is 1. The van der Waals surface area contributed by atoms with Crippen molar-refractivity contribution in [3.05, 3.63) is 64.9 Å². The van der Waals surface area contributed by atoms with Gasteiger partial charge in [-0.2, -0.15) is 0 Å². The number of carbonyl (C=O) groups is 2. The van der Waals surface area contributed by atoms with Gasteiger partial charge in [-0.15, -0.1) is 0 Å². The number of carbonyl (C=O) groups excluding carboxylic acids is 1. The molecule has 1 fully saturated rings. The van der Waals surface area contributed by atoms with Crippen LogP contribution in [0.5, 0.6) is 0 Å². The van der Waals surface area contributed by atoms with Crippen LogP contribution in [0.1, 0.15) is 44.7 Å². The Kier molecular flexibility index (Phi) is 5.45. The van der Waals surface area contributed by atoms with E-state index in [2.05, 4.69) is 4.98 Å². The number of rotatable bonds is 4. The molecule has 1 unspecified atom stereocenters. The van der Waals surface area contributed by atoms with Gasteiger partial charge in [-0.05, 0) is 42.0 Å². The fraction of sp³-hybridized carbons (Fsp3) is 0.409. The molecule has 0 radical (unpaired) electrons. The Balaban J connectivity index is 2.22. The van der Waals surface area contributed by atoms with Gasteiger partial charge in [0, 0.05) is 29.5 Å². The van der Waals surface area contributed by atoms with Gasteiger partial charge in [0.1, 0.15) is 5.54 Å². The van der Waals surface area contributed by atoms with Gasteiger partial charge in [-0.3, -0.25) is 9.78 Å². The van der Waals surface area contributed by atoms with Crippen LogP contribution in [-0.4, -0.2) is 44.1 Å². The molecule has 2 aromatic rings. The molecule has 154 valence electrons. The van der Waals surface area contributed by atoms with E-state index in [4.69, 9.17) is 11.6 Å². The molecule has 3 rings (SSSR count). The number of hydrogen-bond acceptors (Lipinski definition) is 4. The maximum absolute atomic E-state index is 13.9. The zero-order valence-corrected chi connectivity index (χ0v) is 17.5. The Morgan fingerprint density at radius 1 is 1.17 bits per heavy atom. The van der Waals surface area contributed by atoms with E-state index in [1.165, 1.54) is 17.2 Å². The summed E-state index contributed by atoms with van der Waals surface area (Å²) in [5, 5.41) is 22.3. The smallest absolute Gasteiger partial charge is 0.330 e. The van der Waals surface area contributed by atoms with Crippen LogP contribution in [0.25, 0.3) is 0 Å². The fourth-order valence-electron chi connectivity index (χ4n) is 4.32. The maximum atomic E-state index is 13.9. The summed E-state index contributed by atoms with van der Waals surface area (Å²) in [7, 11) is 0. The van der Waals surface area contributed by atoms with Gasteiger partial charge in [0.25, 0.3) is 5.91 Å². The summed E-state index contributed by atoms with van der Waals surface area (Å²) in [5.41, 5.74) is -3.76. The summed E-state index contributed by atoms with van der Waals surface area (Å²) in [6.45, 7) is 5.64. The van der Waals surface area contributed by atoms with Gasteiger partial charge in [0.2, 0.25) is 0 Å². The Morgan fingerprint density at radius 3 is 2.41 bits per heavy atom. The number of aliphatic carboxylic acids is 1. The SMILES string of the molecule is CC(C)(C)[C@@]1(C(=O)O)CCCN1C(=O)C(O)(c1cccnc1)c1cccc(Cl)c1. The molecule has 2 N–H and O–H groups in total. The molecule has 1 aromatic heterocycles. The zero-order chi connectivity index (χ0) is 21.4. The molecule has 0 aliphatic carbocycles. The average molecular weight is 417 g/mol. The summed E-state index contributed by atoms with van der Waals surface area (Å²) in [5.74, 6) is -1.77. The van der Waals surface area contributed by atoms with E-state index in [1.54, 1.807) is 57.3 Å². The Labute approximate surface area is 175 Å². The van der Waals surface area contributed by atoms with Crippen LogP contribution in [0.3, 0.4) is 0 Å². The van der Waals surface area contributed by atoms with E-state index in [0.29, 0.717) is 17.9 Å². The lowest BCUT2D eigenvalue weighted by Gasteiger charge is -2.47. The van der Waals surface area contributed by atoms with Gasteiger partial charge in [0.15, 0.2) is 5.60 Å². The fourth-order valence-corrected chi connectivity index (χ4v) is 4.51. The molecule has 0 saturated carbocycles. The van der Waals surface area contributed by atoms with Crippen molar-refractivity contribution in [2.24, 2.45) is 5.41 Å². The van der Waals surface area contributed by atoms with Gasteiger partial charge in [-0.1, -0.05) is 50.6 Å². The van der Waals surface area contributed by atoms with Crippen LogP contribution < -0.4 is 0 Å². The molecule has 2 atom stereocenters. The number of halogens is 1. The van der Waals surface area contributed by atoms with Crippen molar-refractivity contribution in [3.8, 4) is 0 Å². The van der Waals surface area contributed by atoms with Crippen molar-refractivity contribution >= 4 is 23.5 Å². The van der Waals surface area contributed by atoms with Crippen LogP contribution in [0.15, 0.2) is 48.8 Å². The number of hydrogen-bond donors (Lipinski definition) is 2. The minimum absolute atomic E-state index is 0.242. The van der Waals surface area contributed by atoms with Gasteiger partial charge >= 0.3 is 5.97 Å². The van der Waals surface area contributed by atoms with E-state index in [0.717, 1.165) is 0 Å². The average Bonchev–Trinajstić information content (AvgIpc) is 3.14. The highest BCUT2D eigenvalue weighted by Gasteiger charge is 2.60. The van der Waals surface area contributed by atoms with E-state index in [1.807, 2.05) is 0 Å². The molecule has 0 spiro atoms. The molecule has 1 saturated heterocycles. The first-order valence-electron chi connectivity index (χ1n) is 9.49. The predicted octanol–water partition coefficient (Wildman–Crippen LogP) is 3.46. The zero-order valence-electron chi connectivity index (χ0n) is 16.7. The van der Waals surface area contributed by atoms with Crippen molar-refractivity contribution in [2.45, 2.75) is 44.8 Å². The van der Waals surface area contributed by atoms with Crippen LogP contribution in [0, 0.1) is 5.41 Å². The van der Waals surface area contributed by atoms with Crippen molar-refractivity contribution in [1.29, 1.82) is 0 Å². The van der Waals surface area contributed by atoms with Crippen molar-refractivity contribution in [2.75, 3.05) is 6.54 Å². The first kappa shape index (κ1) is 21.3. The van der Waals surface area contributed by atoms with E-state index in [-0.39, 0.29) is 17.7 Å². The standard InChI is InChI=1S/C22H25ClN2O4/c1-20(2,3)21(19(27)28)10-6-12-25(21)18(26)22(29,16-8-5-11-24-14-16)15-7-4-9-17(23)13-15/h4-5,7-9,11,13-14,29H,6,10,12H2,1-3H3,(H,27,28)/t21-,22?/m0/s1. The number of aromatic nitrogens is 1. The quantitative estimate of drug-likeness (QED) is 0.796. The van der Waals surface area contributed by atoms with E-state index < -0.39 is 28.4 Å². The summed E-state index contributed by atoms with van der Waals surface area (Å²) < 4.78 is 0. The van der Waals surface area contributed by atoms with Gasteiger partial charge < -0.3 is 15.1 Å².